The second kappa shape index (κ2) is 6.99. The largest absolute Gasteiger partial charge is 0.468 e. The Morgan fingerprint density at radius 1 is 1.75 bits per heavy atom. The van der Waals surface area contributed by atoms with Crippen LogP contribution >= 0.6 is 11.8 Å². The Kier molecular flexibility index (Phi) is 6.58. The van der Waals surface area contributed by atoms with E-state index in [9.17, 15) is 4.79 Å². The number of carbonyl (C=O) groups excluding carboxylic acids is 1. The standard InChI is InChI=1S/C8H13NO2S/c1-3-7(4-5-9)12-6-8(10)11-2/h7H,3-4,6H2,1-2H3. The highest BCUT2D eigenvalue weighted by molar-refractivity contribution is 8.00. The zero-order chi connectivity index (χ0) is 9.40. The monoisotopic (exact) mass is 187 g/mol. The minimum atomic E-state index is -0.226. The van der Waals surface area contributed by atoms with Crippen molar-refractivity contribution in [1.82, 2.24) is 0 Å². The molecule has 1 unspecified atom stereocenters. The van der Waals surface area contributed by atoms with Crippen LogP contribution in [0.25, 0.3) is 0 Å². The molecular formula is C8H13NO2S. The molecule has 12 heavy (non-hydrogen) atoms. The first-order valence-electron chi connectivity index (χ1n) is 3.80. The lowest BCUT2D eigenvalue weighted by atomic mass is 10.3. The third-order valence-electron chi connectivity index (χ3n) is 1.44. The van der Waals surface area contributed by atoms with E-state index in [0.717, 1.165) is 6.42 Å². The first-order valence-corrected chi connectivity index (χ1v) is 4.84. The number of hydrogen-bond acceptors (Lipinski definition) is 4. The quantitative estimate of drug-likeness (QED) is 0.613. The lowest BCUT2D eigenvalue weighted by Gasteiger charge is -2.08. The van der Waals surface area contributed by atoms with Crippen LogP contribution in [0.2, 0.25) is 0 Å². The number of carbonyl (C=O) groups is 1. The predicted octanol–water partition coefficient (Wildman–Crippen LogP) is 1.58. The molecule has 0 aliphatic rings. The van der Waals surface area contributed by atoms with E-state index in [1.165, 1.54) is 18.9 Å². The first kappa shape index (κ1) is 11.3. The molecule has 0 aliphatic carbocycles. The molecule has 0 N–H and O–H groups in total. The molecule has 0 bridgehead atoms. The van der Waals surface area contributed by atoms with Crippen molar-refractivity contribution >= 4 is 17.7 Å². The van der Waals surface area contributed by atoms with E-state index in [1.807, 2.05) is 6.92 Å². The molecule has 0 amide bonds. The Hall–Kier alpha value is -0.690. The van der Waals surface area contributed by atoms with Gasteiger partial charge < -0.3 is 4.74 Å². The van der Waals surface area contributed by atoms with Gasteiger partial charge in [0.25, 0.3) is 0 Å². The fourth-order valence-corrected chi connectivity index (χ4v) is 1.59. The van der Waals surface area contributed by atoms with Gasteiger partial charge in [-0.1, -0.05) is 6.92 Å². The number of nitrogens with zero attached hydrogens (tertiary/aromatic N) is 1. The van der Waals surface area contributed by atoms with E-state index in [0.29, 0.717) is 12.2 Å². The lowest BCUT2D eigenvalue weighted by molar-refractivity contribution is -0.137. The van der Waals surface area contributed by atoms with E-state index in [1.54, 1.807) is 0 Å². The normalized spacial score (nSPS) is 11.8. The van der Waals surface area contributed by atoms with Crippen molar-refractivity contribution in [2.45, 2.75) is 25.0 Å². The van der Waals surface area contributed by atoms with Crippen LogP contribution in [0.3, 0.4) is 0 Å². The van der Waals surface area contributed by atoms with Crippen LogP contribution in [-0.2, 0) is 9.53 Å². The summed E-state index contributed by atoms with van der Waals surface area (Å²) < 4.78 is 4.48. The molecule has 0 spiro atoms. The lowest BCUT2D eigenvalue weighted by Crippen LogP contribution is -2.08. The SMILES string of the molecule is CCC(CC#N)SCC(=O)OC. The van der Waals surface area contributed by atoms with Crippen molar-refractivity contribution in [3.8, 4) is 6.07 Å². The smallest absolute Gasteiger partial charge is 0.315 e. The van der Waals surface area contributed by atoms with Crippen LogP contribution in [-0.4, -0.2) is 24.1 Å². The highest BCUT2D eigenvalue weighted by Crippen LogP contribution is 2.17. The molecule has 0 rings (SSSR count). The summed E-state index contributed by atoms with van der Waals surface area (Å²) in [7, 11) is 1.37. The van der Waals surface area contributed by atoms with Gasteiger partial charge in [0.2, 0.25) is 0 Å². The van der Waals surface area contributed by atoms with Gasteiger partial charge in [0, 0.05) is 11.7 Å². The maximum Gasteiger partial charge on any atom is 0.315 e. The van der Waals surface area contributed by atoms with Gasteiger partial charge in [-0.15, -0.1) is 11.8 Å². The third-order valence-corrected chi connectivity index (χ3v) is 2.81. The summed E-state index contributed by atoms with van der Waals surface area (Å²) >= 11 is 1.48. The summed E-state index contributed by atoms with van der Waals surface area (Å²) in [6.07, 6.45) is 1.41. The maximum atomic E-state index is 10.7. The van der Waals surface area contributed by atoms with Crippen molar-refractivity contribution in [2.24, 2.45) is 0 Å². The van der Waals surface area contributed by atoms with E-state index in [4.69, 9.17) is 5.26 Å². The minimum Gasteiger partial charge on any atom is -0.468 e. The third kappa shape index (κ3) is 5.03. The van der Waals surface area contributed by atoms with Crippen LogP contribution in [0, 0.1) is 11.3 Å². The molecule has 0 aromatic heterocycles. The molecule has 0 aliphatic heterocycles. The topological polar surface area (TPSA) is 50.1 Å². The summed E-state index contributed by atoms with van der Waals surface area (Å²) in [4.78, 5) is 10.7. The summed E-state index contributed by atoms with van der Waals surface area (Å²) in [5.74, 6) is 0.118. The zero-order valence-electron chi connectivity index (χ0n) is 7.37. The second-order valence-electron chi connectivity index (χ2n) is 2.28. The van der Waals surface area contributed by atoms with Crippen molar-refractivity contribution in [3.63, 3.8) is 0 Å². The second-order valence-corrected chi connectivity index (χ2v) is 3.57. The van der Waals surface area contributed by atoms with Crippen molar-refractivity contribution in [3.05, 3.63) is 0 Å². The van der Waals surface area contributed by atoms with Crippen LogP contribution in [0.1, 0.15) is 19.8 Å². The Balaban J connectivity index is 3.59. The Labute approximate surface area is 77.1 Å². The van der Waals surface area contributed by atoms with Crippen LogP contribution in [0.4, 0.5) is 0 Å². The van der Waals surface area contributed by atoms with Gasteiger partial charge in [-0.25, -0.2) is 0 Å². The van der Waals surface area contributed by atoms with Crippen molar-refractivity contribution in [2.75, 3.05) is 12.9 Å². The number of esters is 1. The molecule has 68 valence electrons. The minimum absolute atomic E-state index is 0.226. The summed E-state index contributed by atoms with van der Waals surface area (Å²) in [6, 6.07) is 2.09. The molecule has 0 heterocycles. The summed E-state index contributed by atoms with van der Waals surface area (Å²) in [6.45, 7) is 2.01. The molecule has 0 saturated heterocycles. The van der Waals surface area contributed by atoms with E-state index in [2.05, 4.69) is 10.8 Å². The van der Waals surface area contributed by atoms with Crippen molar-refractivity contribution < 1.29 is 9.53 Å². The summed E-state index contributed by atoms with van der Waals surface area (Å²) in [5.41, 5.74) is 0. The van der Waals surface area contributed by atoms with Gasteiger partial charge in [-0.05, 0) is 6.42 Å². The van der Waals surface area contributed by atoms with Crippen LogP contribution < -0.4 is 0 Å². The predicted molar refractivity (Wildman–Crippen MR) is 48.8 cm³/mol. The highest BCUT2D eigenvalue weighted by atomic mass is 32.2. The van der Waals surface area contributed by atoms with Crippen LogP contribution in [0.15, 0.2) is 0 Å². The molecule has 1 atom stereocenters. The van der Waals surface area contributed by atoms with E-state index < -0.39 is 0 Å². The zero-order valence-corrected chi connectivity index (χ0v) is 8.19. The number of rotatable bonds is 5. The Morgan fingerprint density at radius 3 is 2.83 bits per heavy atom. The molecule has 3 nitrogen and oxygen atoms in total. The average molecular weight is 187 g/mol. The molecule has 0 aromatic rings. The Bertz CT molecular complexity index is 176. The number of ether oxygens (including phenoxy) is 1. The first-order chi connectivity index (χ1) is 5.74. The number of methoxy groups -OCH3 is 1. The van der Waals surface area contributed by atoms with Crippen molar-refractivity contribution in [1.29, 1.82) is 5.26 Å². The van der Waals surface area contributed by atoms with Gasteiger partial charge in [0.1, 0.15) is 0 Å². The van der Waals surface area contributed by atoms with Gasteiger partial charge >= 0.3 is 5.97 Å². The van der Waals surface area contributed by atoms with Gasteiger partial charge in [-0.3, -0.25) is 4.79 Å². The number of nitriles is 1. The highest BCUT2D eigenvalue weighted by Gasteiger charge is 2.09. The summed E-state index contributed by atoms with van der Waals surface area (Å²) in [5, 5.41) is 8.67. The molecule has 0 saturated carbocycles. The molecule has 0 aromatic carbocycles. The van der Waals surface area contributed by atoms with Gasteiger partial charge in [-0.2, -0.15) is 5.26 Å². The fourth-order valence-electron chi connectivity index (χ4n) is 0.668. The van der Waals surface area contributed by atoms with E-state index in [-0.39, 0.29) is 11.2 Å². The average Bonchev–Trinajstić information content (AvgIpc) is 2.11. The molecular weight excluding hydrogens is 174 g/mol. The maximum absolute atomic E-state index is 10.7. The number of hydrogen-bond donors (Lipinski definition) is 0. The number of thioether (sulfide) groups is 1. The molecule has 4 heteroatoms. The van der Waals surface area contributed by atoms with E-state index >= 15 is 0 Å². The van der Waals surface area contributed by atoms with Gasteiger partial charge in [0.15, 0.2) is 0 Å². The molecule has 0 radical (unpaired) electrons. The Morgan fingerprint density at radius 2 is 2.42 bits per heavy atom. The molecule has 0 fully saturated rings. The van der Waals surface area contributed by atoms with Crippen LogP contribution in [0.5, 0.6) is 0 Å². The fraction of sp³-hybridized carbons (Fsp3) is 0.750. The van der Waals surface area contributed by atoms with Gasteiger partial charge in [0.05, 0.1) is 18.9 Å².